The predicted octanol–water partition coefficient (Wildman–Crippen LogP) is 2.82. The highest BCUT2D eigenvalue weighted by molar-refractivity contribution is 7.13. The molecule has 1 aromatic carbocycles. The van der Waals surface area contributed by atoms with Crippen LogP contribution in [0.1, 0.15) is 58.3 Å². The van der Waals surface area contributed by atoms with Gasteiger partial charge in [-0.1, -0.05) is 32.9 Å². The number of nitrogens with zero attached hydrogens (tertiary/aromatic N) is 2. The number of ether oxygens (including phenoxy) is 1. The topological polar surface area (TPSA) is 121 Å². The van der Waals surface area contributed by atoms with Gasteiger partial charge < -0.3 is 25.4 Å². The monoisotopic (exact) mass is 516 g/mol. The number of hydrogen-bond acceptors (Lipinski definition) is 7. The molecule has 1 aliphatic rings. The Balaban J connectivity index is 1.80. The van der Waals surface area contributed by atoms with Crippen molar-refractivity contribution in [1.82, 2.24) is 20.5 Å². The molecule has 36 heavy (non-hydrogen) atoms. The lowest BCUT2D eigenvalue weighted by Crippen LogP contribution is -2.57. The van der Waals surface area contributed by atoms with Crippen LogP contribution in [-0.4, -0.2) is 64.6 Å². The lowest BCUT2D eigenvalue weighted by molar-refractivity contribution is -0.144. The maximum Gasteiger partial charge on any atom is 0.246 e. The number of carbonyl (C=O) groups is 3. The number of methoxy groups -OCH3 is 1. The first-order valence-electron chi connectivity index (χ1n) is 12.0. The summed E-state index contributed by atoms with van der Waals surface area (Å²) in [6.07, 6.45) is -0.698. The van der Waals surface area contributed by atoms with E-state index in [9.17, 15) is 19.5 Å². The van der Waals surface area contributed by atoms with Crippen molar-refractivity contribution in [3.63, 3.8) is 0 Å². The summed E-state index contributed by atoms with van der Waals surface area (Å²) in [4.78, 5) is 45.2. The van der Waals surface area contributed by atoms with Gasteiger partial charge in [0.25, 0.3) is 0 Å². The third-order valence-electron chi connectivity index (χ3n) is 6.39. The minimum absolute atomic E-state index is 0.0314. The molecule has 1 aliphatic heterocycles. The van der Waals surface area contributed by atoms with Crippen LogP contribution in [0.2, 0.25) is 0 Å². The van der Waals surface area contributed by atoms with E-state index in [1.54, 1.807) is 24.0 Å². The molecule has 1 fully saturated rings. The van der Waals surface area contributed by atoms with Crippen molar-refractivity contribution in [2.24, 2.45) is 5.41 Å². The normalized spacial score (nSPS) is 19.5. The zero-order valence-corrected chi connectivity index (χ0v) is 22.7. The number of nitrogens with one attached hydrogen (secondary N) is 2. The Bertz CT molecular complexity index is 1130. The second kappa shape index (κ2) is 11.0. The van der Waals surface area contributed by atoms with Crippen LogP contribution in [0.3, 0.4) is 0 Å². The van der Waals surface area contributed by atoms with Crippen LogP contribution in [0.25, 0.3) is 10.4 Å². The lowest BCUT2D eigenvalue weighted by Gasteiger charge is -2.35. The Morgan fingerprint density at radius 2 is 1.94 bits per heavy atom. The number of rotatable bonds is 7. The van der Waals surface area contributed by atoms with Crippen molar-refractivity contribution < 1.29 is 24.2 Å². The molecule has 3 amide bonds. The van der Waals surface area contributed by atoms with Gasteiger partial charge in [-0.2, -0.15) is 0 Å². The number of benzene rings is 1. The van der Waals surface area contributed by atoms with Crippen molar-refractivity contribution >= 4 is 29.1 Å². The molecule has 0 aliphatic carbocycles. The molecule has 2 heterocycles. The molecule has 196 valence electrons. The van der Waals surface area contributed by atoms with E-state index in [0.717, 1.165) is 21.7 Å². The summed E-state index contributed by atoms with van der Waals surface area (Å²) in [5.41, 5.74) is 3.94. The van der Waals surface area contributed by atoms with E-state index in [-0.39, 0.29) is 30.7 Å². The average Bonchev–Trinajstić information content (AvgIpc) is 3.41. The maximum atomic E-state index is 13.4. The first kappa shape index (κ1) is 27.6. The Morgan fingerprint density at radius 3 is 2.50 bits per heavy atom. The van der Waals surface area contributed by atoms with Crippen LogP contribution in [0.5, 0.6) is 5.75 Å². The van der Waals surface area contributed by atoms with Gasteiger partial charge in [-0.25, -0.2) is 4.98 Å². The molecule has 0 bridgehead atoms. The van der Waals surface area contributed by atoms with Gasteiger partial charge >= 0.3 is 0 Å². The van der Waals surface area contributed by atoms with Gasteiger partial charge in [-0.15, -0.1) is 11.3 Å². The van der Waals surface area contributed by atoms with E-state index in [4.69, 9.17) is 4.74 Å². The smallest absolute Gasteiger partial charge is 0.246 e. The zero-order valence-electron chi connectivity index (χ0n) is 21.9. The van der Waals surface area contributed by atoms with Gasteiger partial charge in [-0.05, 0) is 30.9 Å². The summed E-state index contributed by atoms with van der Waals surface area (Å²) in [7, 11) is 1.58. The maximum absolute atomic E-state index is 13.4. The summed E-state index contributed by atoms with van der Waals surface area (Å²) >= 11 is 1.55. The highest BCUT2D eigenvalue weighted by Crippen LogP contribution is 2.34. The van der Waals surface area contributed by atoms with Crippen molar-refractivity contribution in [1.29, 1.82) is 0 Å². The Labute approximate surface area is 216 Å². The van der Waals surface area contributed by atoms with Crippen LogP contribution in [0.4, 0.5) is 0 Å². The number of aryl methyl sites for hydroxylation is 1. The van der Waals surface area contributed by atoms with E-state index in [0.29, 0.717) is 5.75 Å². The van der Waals surface area contributed by atoms with Gasteiger partial charge in [0, 0.05) is 25.5 Å². The highest BCUT2D eigenvalue weighted by Gasteiger charge is 2.44. The summed E-state index contributed by atoms with van der Waals surface area (Å²) in [6.45, 7) is 10.7. The number of carbonyl (C=O) groups excluding carboxylic acids is 3. The van der Waals surface area contributed by atoms with Gasteiger partial charge in [-0.3, -0.25) is 14.4 Å². The number of aromatic nitrogens is 1. The van der Waals surface area contributed by atoms with Crippen molar-refractivity contribution in [2.75, 3.05) is 13.7 Å². The summed E-state index contributed by atoms with van der Waals surface area (Å²) in [5, 5.41) is 16.0. The summed E-state index contributed by atoms with van der Waals surface area (Å²) < 4.78 is 5.62. The standard InChI is InChI=1S/C26H36N4O5S/c1-14(19-9-8-17(10-21(19)35-7)22-15(2)27-13-36-22)28-24(33)20-11-18(32)12-30(20)25(34)23(26(4,5)6)29-16(3)31/h8-10,13-14,18,20,23,32H,11-12H2,1-7H3,(H,28,33)(H,29,31)/t14-,18-,20-,23+/m0/s1. The molecule has 0 unspecified atom stereocenters. The van der Waals surface area contributed by atoms with E-state index < -0.39 is 29.6 Å². The summed E-state index contributed by atoms with van der Waals surface area (Å²) in [6, 6.07) is 3.73. The minimum atomic E-state index is -0.848. The van der Waals surface area contributed by atoms with Gasteiger partial charge in [0.2, 0.25) is 17.7 Å². The van der Waals surface area contributed by atoms with Gasteiger partial charge in [0.05, 0.1) is 35.3 Å². The predicted molar refractivity (Wildman–Crippen MR) is 139 cm³/mol. The number of aliphatic hydroxyl groups excluding tert-OH is 1. The number of aliphatic hydroxyl groups is 1. The first-order valence-corrected chi connectivity index (χ1v) is 12.9. The van der Waals surface area contributed by atoms with E-state index in [1.165, 1.54) is 11.8 Å². The SMILES string of the molecule is COc1cc(-c2scnc2C)ccc1[C@H](C)NC(=O)[C@@H]1C[C@H](O)CN1C(=O)[C@@H](NC(C)=O)C(C)(C)C. The Morgan fingerprint density at radius 1 is 1.25 bits per heavy atom. The highest BCUT2D eigenvalue weighted by atomic mass is 32.1. The third kappa shape index (κ3) is 6.04. The fourth-order valence-electron chi connectivity index (χ4n) is 4.50. The fourth-order valence-corrected chi connectivity index (χ4v) is 5.30. The summed E-state index contributed by atoms with van der Waals surface area (Å²) in [5.74, 6) is -0.455. The molecule has 2 aromatic rings. The second-order valence-electron chi connectivity index (χ2n) is 10.3. The third-order valence-corrected chi connectivity index (χ3v) is 7.37. The van der Waals surface area contributed by atoms with E-state index in [1.807, 2.05) is 52.8 Å². The largest absolute Gasteiger partial charge is 0.496 e. The molecule has 3 N–H and O–H groups in total. The molecule has 0 saturated carbocycles. The Kier molecular flexibility index (Phi) is 8.40. The molecular formula is C26H36N4O5S. The molecule has 10 heteroatoms. The molecule has 9 nitrogen and oxygen atoms in total. The van der Waals surface area contributed by atoms with Gasteiger partial charge in [0.15, 0.2) is 0 Å². The van der Waals surface area contributed by atoms with Crippen molar-refractivity contribution in [3.8, 4) is 16.2 Å². The number of hydrogen-bond donors (Lipinski definition) is 3. The molecule has 0 spiro atoms. The molecule has 0 radical (unpaired) electrons. The fraction of sp³-hybridized carbons (Fsp3) is 0.538. The number of β-amino-alcohol motifs (C(OH)–C–C–N with tert-alkyl or cyclic N) is 1. The zero-order chi connectivity index (χ0) is 26.8. The molecule has 1 saturated heterocycles. The number of thiazole rings is 1. The van der Waals surface area contributed by atoms with Crippen molar-refractivity contribution in [2.45, 2.75) is 72.2 Å². The van der Waals surface area contributed by atoms with Crippen LogP contribution < -0.4 is 15.4 Å². The molecule has 4 atom stereocenters. The van der Waals surface area contributed by atoms with Crippen LogP contribution in [-0.2, 0) is 14.4 Å². The van der Waals surface area contributed by atoms with Gasteiger partial charge in [0.1, 0.15) is 17.8 Å². The first-order chi connectivity index (χ1) is 16.8. The second-order valence-corrected chi connectivity index (χ2v) is 11.2. The lowest BCUT2D eigenvalue weighted by atomic mass is 9.85. The van der Waals surface area contributed by atoms with E-state index >= 15 is 0 Å². The number of amides is 3. The molecule has 3 rings (SSSR count). The molecular weight excluding hydrogens is 480 g/mol. The van der Waals surface area contributed by atoms with E-state index in [2.05, 4.69) is 15.6 Å². The quantitative estimate of drug-likeness (QED) is 0.520. The van der Waals surface area contributed by atoms with Crippen molar-refractivity contribution in [3.05, 3.63) is 35.0 Å². The Hall–Kier alpha value is -2.98. The number of likely N-dealkylation sites (tertiary alicyclic amines) is 1. The molecule has 1 aromatic heterocycles. The van der Waals surface area contributed by atoms with Crippen LogP contribution in [0.15, 0.2) is 23.7 Å². The van der Waals surface area contributed by atoms with Crippen LogP contribution in [0, 0.1) is 12.3 Å². The van der Waals surface area contributed by atoms with Crippen LogP contribution >= 0.6 is 11.3 Å². The minimum Gasteiger partial charge on any atom is -0.496 e. The average molecular weight is 517 g/mol.